The molecule has 68 valence electrons. The van der Waals surface area contributed by atoms with Crippen molar-refractivity contribution in [3.63, 3.8) is 0 Å². The first kappa shape index (κ1) is 10.9. The lowest BCUT2D eigenvalue weighted by Gasteiger charge is -1.90. The van der Waals surface area contributed by atoms with Crippen LogP contribution in [0.25, 0.3) is 0 Å². The number of carbonyl (C=O) groups is 1. The fraction of sp³-hybridized carbons (Fsp3) is 0.167. The first-order chi connectivity index (χ1) is 5.45. The van der Waals surface area contributed by atoms with Gasteiger partial charge in [0.25, 0.3) is 10.1 Å². The predicted molar refractivity (Wildman–Crippen MR) is 41.8 cm³/mol. The van der Waals surface area contributed by atoms with Crippen molar-refractivity contribution in [3.05, 3.63) is 25.0 Å². The molecule has 0 spiro atoms. The molecule has 0 aromatic heterocycles. The van der Waals surface area contributed by atoms with Crippen LogP contribution in [-0.2, 0) is 19.6 Å². The maximum Gasteiger partial charge on any atom is 0.334 e. The second kappa shape index (κ2) is 4.68. The summed E-state index contributed by atoms with van der Waals surface area (Å²) >= 11 is 0. The summed E-state index contributed by atoms with van der Waals surface area (Å²) in [6.45, 7) is 3.11. The van der Waals surface area contributed by atoms with Crippen molar-refractivity contribution in [1.82, 2.24) is 0 Å². The van der Waals surface area contributed by atoms with Crippen LogP contribution in [0.15, 0.2) is 25.0 Å². The first-order valence-electron chi connectivity index (χ1n) is 2.89. The summed E-state index contributed by atoms with van der Waals surface area (Å²) < 4.78 is 32.7. The summed E-state index contributed by atoms with van der Waals surface area (Å²) in [4.78, 5) is 10.3. The zero-order chi connectivity index (χ0) is 9.61. The van der Waals surface area contributed by atoms with Gasteiger partial charge in [-0.25, -0.2) is 4.79 Å². The van der Waals surface area contributed by atoms with Crippen LogP contribution in [0.3, 0.4) is 0 Å². The van der Waals surface area contributed by atoms with Gasteiger partial charge in [0.1, 0.15) is 0 Å². The van der Waals surface area contributed by atoms with E-state index in [1.165, 1.54) is 0 Å². The van der Waals surface area contributed by atoms with Crippen molar-refractivity contribution in [3.8, 4) is 0 Å². The minimum atomic E-state index is -4.03. The molecule has 0 heterocycles. The van der Waals surface area contributed by atoms with E-state index < -0.39 is 21.8 Å². The maximum absolute atomic E-state index is 10.3. The molecule has 0 saturated carbocycles. The molecule has 1 N–H and O–H groups in total. The Hall–Kier alpha value is -1.14. The fourth-order valence-corrected chi connectivity index (χ4v) is 0.646. The topological polar surface area (TPSA) is 80.7 Å². The molecule has 0 radical (unpaired) electrons. The van der Waals surface area contributed by atoms with Gasteiger partial charge in [0.15, 0.2) is 0 Å². The summed E-state index contributed by atoms with van der Waals surface area (Å²) in [5.74, 6) is -1.28. The van der Waals surface area contributed by atoms with Crippen LogP contribution in [0.1, 0.15) is 0 Å². The molecule has 0 aromatic rings. The van der Waals surface area contributed by atoms with E-state index in [0.29, 0.717) is 0 Å². The highest BCUT2D eigenvalue weighted by Crippen LogP contribution is 1.86. The van der Waals surface area contributed by atoms with Crippen LogP contribution >= 0.6 is 0 Å². The van der Waals surface area contributed by atoms with Gasteiger partial charge < -0.3 is 4.74 Å². The summed E-state index contributed by atoms with van der Waals surface area (Å²) in [5.41, 5.74) is 0. The highest BCUT2D eigenvalue weighted by atomic mass is 32.2. The van der Waals surface area contributed by atoms with Gasteiger partial charge in [-0.05, 0) is 6.08 Å². The fourth-order valence-electron chi connectivity index (χ4n) is 0.324. The van der Waals surface area contributed by atoms with Crippen LogP contribution in [0.4, 0.5) is 0 Å². The van der Waals surface area contributed by atoms with Crippen LogP contribution in [-0.4, -0.2) is 24.7 Å². The average molecular weight is 192 g/mol. The van der Waals surface area contributed by atoms with E-state index >= 15 is 0 Å². The standard InChI is InChI=1S/C6H8O5S/c1-2-6(7)11-4-3-5-12(8,9)10/h2-4H,1,5H2,(H,8,9,10)/b4-3+. The Morgan fingerprint density at radius 1 is 1.58 bits per heavy atom. The molecule has 0 amide bonds. The van der Waals surface area contributed by atoms with E-state index in [1.54, 1.807) is 0 Å². The summed E-state index contributed by atoms with van der Waals surface area (Å²) in [5, 5.41) is 0. The molecule has 0 bridgehead atoms. The van der Waals surface area contributed by atoms with Gasteiger partial charge in [0.2, 0.25) is 0 Å². The number of rotatable bonds is 4. The molecule has 0 saturated heterocycles. The predicted octanol–water partition coefficient (Wildman–Crippen LogP) is 0.117. The highest BCUT2D eigenvalue weighted by molar-refractivity contribution is 7.85. The summed E-state index contributed by atoms with van der Waals surface area (Å²) in [6.07, 6.45) is 2.80. The minimum absolute atomic E-state index is 0.586. The number of ether oxygens (including phenoxy) is 1. The van der Waals surface area contributed by atoms with Gasteiger partial charge in [-0.1, -0.05) is 6.58 Å². The van der Waals surface area contributed by atoms with Gasteiger partial charge in [-0.15, -0.1) is 0 Å². The van der Waals surface area contributed by atoms with E-state index in [2.05, 4.69) is 11.3 Å². The van der Waals surface area contributed by atoms with E-state index in [9.17, 15) is 13.2 Å². The van der Waals surface area contributed by atoms with Crippen LogP contribution < -0.4 is 0 Å². The van der Waals surface area contributed by atoms with Gasteiger partial charge in [0, 0.05) is 6.08 Å². The Labute approximate surface area is 70.1 Å². The second-order valence-corrected chi connectivity index (χ2v) is 3.26. The molecule has 0 aliphatic carbocycles. The van der Waals surface area contributed by atoms with Crippen molar-refractivity contribution in [2.24, 2.45) is 0 Å². The smallest absolute Gasteiger partial charge is 0.334 e. The normalized spacial score (nSPS) is 11.4. The highest BCUT2D eigenvalue weighted by Gasteiger charge is 1.98. The molecule has 0 aliphatic heterocycles. The zero-order valence-electron chi connectivity index (χ0n) is 6.13. The van der Waals surface area contributed by atoms with Crippen LogP contribution in [0.5, 0.6) is 0 Å². The number of carbonyl (C=O) groups excluding carboxylic acids is 1. The molecule has 0 rings (SSSR count). The largest absolute Gasteiger partial charge is 0.432 e. The van der Waals surface area contributed by atoms with E-state index in [4.69, 9.17) is 4.55 Å². The van der Waals surface area contributed by atoms with Crippen molar-refractivity contribution in [2.45, 2.75) is 0 Å². The Morgan fingerprint density at radius 2 is 2.17 bits per heavy atom. The van der Waals surface area contributed by atoms with Crippen LogP contribution in [0.2, 0.25) is 0 Å². The molecular weight excluding hydrogens is 184 g/mol. The van der Waals surface area contributed by atoms with E-state index in [-0.39, 0.29) is 0 Å². The van der Waals surface area contributed by atoms with E-state index in [1.807, 2.05) is 0 Å². The van der Waals surface area contributed by atoms with Gasteiger partial charge >= 0.3 is 5.97 Å². The molecule has 0 aliphatic rings. The second-order valence-electron chi connectivity index (χ2n) is 1.76. The molecule has 6 heteroatoms. The Balaban J connectivity index is 3.80. The monoisotopic (exact) mass is 192 g/mol. The Bertz CT molecular complexity index is 287. The Morgan fingerprint density at radius 3 is 2.58 bits per heavy atom. The third kappa shape index (κ3) is 6.97. The number of hydrogen-bond acceptors (Lipinski definition) is 4. The molecule has 0 atom stereocenters. The summed E-state index contributed by atoms with van der Waals surface area (Å²) in [6, 6.07) is 0. The van der Waals surface area contributed by atoms with Crippen molar-refractivity contribution in [1.29, 1.82) is 0 Å². The quantitative estimate of drug-likeness (QED) is 0.296. The zero-order valence-corrected chi connectivity index (χ0v) is 6.95. The van der Waals surface area contributed by atoms with Crippen molar-refractivity contribution in [2.75, 3.05) is 5.75 Å². The molecular formula is C6H8O5S. The van der Waals surface area contributed by atoms with E-state index in [0.717, 1.165) is 18.4 Å². The lowest BCUT2D eigenvalue weighted by Crippen LogP contribution is -2.01. The molecule has 12 heavy (non-hydrogen) atoms. The van der Waals surface area contributed by atoms with Crippen molar-refractivity contribution >= 4 is 16.1 Å². The maximum atomic E-state index is 10.3. The minimum Gasteiger partial charge on any atom is -0.432 e. The van der Waals surface area contributed by atoms with Gasteiger partial charge in [-0.3, -0.25) is 4.55 Å². The van der Waals surface area contributed by atoms with Gasteiger partial charge in [-0.2, -0.15) is 8.42 Å². The molecule has 0 aromatic carbocycles. The molecule has 0 fully saturated rings. The third-order valence-electron chi connectivity index (χ3n) is 0.754. The lowest BCUT2D eigenvalue weighted by molar-refractivity contribution is -0.132. The Kier molecular flexibility index (Phi) is 4.24. The summed E-state index contributed by atoms with van der Waals surface area (Å²) in [7, 11) is -4.03. The third-order valence-corrected chi connectivity index (χ3v) is 1.37. The van der Waals surface area contributed by atoms with Crippen LogP contribution in [0, 0.1) is 0 Å². The SMILES string of the molecule is C=CC(=O)O/C=C/CS(=O)(=O)O. The van der Waals surface area contributed by atoms with Crippen molar-refractivity contribution < 1.29 is 22.5 Å². The number of hydrogen-bond donors (Lipinski definition) is 1. The number of esters is 1. The molecule has 5 nitrogen and oxygen atoms in total. The lowest BCUT2D eigenvalue weighted by atomic mass is 10.6. The van der Waals surface area contributed by atoms with Gasteiger partial charge in [0.05, 0.1) is 12.0 Å². The average Bonchev–Trinajstić information content (AvgIpc) is 1.96. The molecule has 0 unspecified atom stereocenters. The first-order valence-corrected chi connectivity index (χ1v) is 4.50.